The molecule has 0 atom stereocenters. The Morgan fingerprint density at radius 3 is 2.27 bits per heavy atom. The van der Waals surface area contributed by atoms with Gasteiger partial charge in [-0.05, 0) is 17.2 Å². The topological polar surface area (TPSA) is 26.0 Å². The standard InChI is InChI=1S/C13H16FN/c1-5-6-13(14)12(4)11(3)8-7-10(2)9-15/h5-8H,1-4,9,15H2/b8-7-,13-6+. The van der Waals surface area contributed by atoms with E-state index in [0.717, 1.165) is 5.57 Å². The monoisotopic (exact) mass is 205 g/mol. The van der Waals surface area contributed by atoms with Crippen molar-refractivity contribution in [1.82, 2.24) is 0 Å². The quantitative estimate of drug-likeness (QED) is 0.662. The average Bonchev–Trinajstić information content (AvgIpc) is 2.24. The van der Waals surface area contributed by atoms with Crippen LogP contribution in [0.2, 0.25) is 0 Å². The largest absolute Gasteiger partial charge is 0.327 e. The third-order valence-electron chi connectivity index (χ3n) is 1.72. The van der Waals surface area contributed by atoms with Gasteiger partial charge < -0.3 is 5.73 Å². The van der Waals surface area contributed by atoms with Gasteiger partial charge in [0.05, 0.1) is 0 Å². The van der Waals surface area contributed by atoms with E-state index in [-0.39, 0.29) is 5.57 Å². The molecule has 0 unspecified atom stereocenters. The predicted molar refractivity (Wildman–Crippen MR) is 65.0 cm³/mol. The average molecular weight is 205 g/mol. The van der Waals surface area contributed by atoms with E-state index in [0.29, 0.717) is 12.1 Å². The molecule has 0 radical (unpaired) electrons. The molecule has 0 fully saturated rings. The number of nitrogens with two attached hydrogens (primary N) is 1. The summed E-state index contributed by atoms with van der Waals surface area (Å²) in [5, 5.41) is 0. The summed E-state index contributed by atoms with van der Waals surface area (Å²) in [6.45, 7) is 14.7. The molecule has 80 valence electrons. The maximum atomic E-state index is 13.2. The number of halogens is 1. The Labute approximate surface area is 90.5 Å². The van der Waals surface area contributed by atoms with Crippen LogP contribution >= 0.6 is 0 Å². The van der Waals surface area contributed by atoms with Crippen LogP contribution in [0.25, 0.3) is 0 Å². The summed E-state index contributed by atoms with van der Waals surface area (Å²) in [7, 11) is 0. The first-order chi connectivity index (χ1) is 7.02. The first-order valence-electron chi connectivity index (χ1n) is 4.45. The van der Waals surface area contributed by atoms with Crippen molar-refractivity contribution < 1.29 is 4.39 Å². The van der Waals surface area contributed by atoms with E-state index in [1.54, 1.807) is 12.2 Å². The van der Waals surface area contributed by atoms with Crippen molar-refractivity contribution in [1.29, 1.82) is 0 Å². The van der Waals surface area contributed by atoms with Crippen LogP contribution in [0.4, 0.5) is 4.39 Å². The molecule has 0 saturated heterocycles. The maximum absolute atomic E-state index is 13.2. The summed E-state index contributed by atoms with van der Waals surface area (Å²) in [4.78, 5) is 0. The van der Waals surface area contributed by atoms with E-state index in [2.05, 4.69) is 26.3 Å². The summed E-state index contributed by atoms with van der Waals surface area (Å²) in [5.41, 5.74) is 6.81. The van der Waals surface area contributed by atoms with Gasteiger partial charge in [0, 0.05) is 12.1 Å². The van der Waals surface area contributed by atoms with Crippen molar-refractivity contribution in [3.63, 3.8) is 0 Å². The normalized spacial score (nSPS) is 11.5. The second kappa shape index (κ2) is 6.74. The third-order valence-corrected chi connectivity index (χ3v) is 1.72. The van der Waals surface area contributed by atoms with Crippen LogP contribution in [0.5, 0.6) is 0 Å². The van der Waals surface area contributed by atoms with E-state index < -0.39 is 5.83 Å². The zero-order chi connectivity index (χ0) is 11.8. The van der Waals surface area contributed by atoms with Crippen molar-refractivity contribution in [2.75, 3.05) is 6.54 Å². The SMILES string of the molecule is C=C/C=C(/F)C(=C)C(=C)/C=C\C(=C)CN. The number of hydrogen-bond acceptors (Lipinski definition) is 1. The molecule has 2 heteroatoms. The minimum absolute atomic E-state index is 0.232. The van der Waals surface area contributed by atoms with Crippen LogP contribution in [0, 0.1) is 0 Å². The van der Waals surface area contributed by atoms with E-state index in [4.69, 9.17) is 5.73 Å². The molecule has 0 aromatic carbocycles. The van der Waals surface area contributed by atoms with Crippen LogP contribution in [0.15, 0.2) is 73.2 Å². The number of allylic oxidation sites excluding steroid dienone is 6. The molecule has 0 aromatic heterocycles. The second-order valence-electron chi connectivity index (χ2n) is 2.95. The lowest BCUT2D eigenvalue weighted by atomic mass is 10.1. The molecular formula is C13H16FN. The van der Waals surface area contributed by atoms with Gasteiger partial charge in [-0.3, -0.25) is 0 Å². The summed E-state index contributed by atoms with van der Waals surface area (Å²) in [6, 6.07) is 0. The minimum Gasteiger partial charge on any atom is -0.327 e. The van der Waals surface area contributed by atoms with Crippen LogP contribution in [0.3, 0.4) is 0 Å². The molecule has 0 aromatic rings. The van der Waals surface area contributed by atoms with Crippen molar-refractivity contribution >= 4 is 0 Å². The van der Waals surface area contributed by atoms with Crippen molar-refractivity contribution in [3.05, 3.63) is 73.2 Å². The van der Waals surface area contributed by atoms with Gasteiger partial charge in [-0.2, -0.15) is 0 Å². The van der Waals surface area contributed by atoms with Crippen molar-refractivity contribution in [2.45, 2.75) is 0 Å². The molecule has 0 heterocycles. The van der Waals surface area contributed by atoms with Gasteiger partial charge in [-0.25, -0.2) is 4.39 Å². The molecule has 2 N–H and O–H groups in total. The Morgan fingerprint density at radius 2 is 1.80 bits per heavy atom. The smallest absolute Gasteiger partial charge is 0.130 e. The molecule has 0 amide bonds. The zero-order valence-electron chi connectivity index (χ0n) is 8.80. The number of hydrogen-bond donors (Lipinski definition) is 1. The molecule has 0 saturated carbocycles. The molecule has 15 heavy (non-hydrogen) atoms. The van der Waals surface area contributed by atoms with Gasteiger partial charge in [-0.1, -0.05) is 44.5 Å². The Hall–Kier alpha value is -1.67. The number of rotatable bonds is 6. The third kappa shape index (κ3) is 4.93. The van der Waals surface area contributed by atoms with Crippen LogP contribution in [0.1, 0.15) is 0 Å². The lowest BCUT2D eigenvalue weighted by Crippen LogP contribution is -1.99. The van der Waals surface area contributed by atoms with Crippen LogP contribution < -0.4 is 5.73 Å². The molecule has 0 aliphatic carbocycles. The van der Waals surface area contributed by atoms with E-state index in [1.807, 2.05) is 0 Å². The Balaban J connectivity index is 4.54. The van der Waals surface area contributed by atoms with Crippen molar-refractivity contribution in [3.8, 4) is 0 Å². The van der Waals surface area contributed by atoms with Gasteiger partial charge in [0.25, 0.3) is 0 Å². The molecule has 0 bridgehead atoms. The van der Waals surface area contributed by atoms with E-state index in [9.17, 15) is 4.39 Å². The fraction of sp³-hybridized carbons (Fsp3) is 0.0769. The van der Waals surface area contributed by atoms with Gasteiger partial charge in [0.15, 0.2) is 0 Å². The van der Waals surface area contributed by atoms with Gasteiger partial charge in [-0.15, -0.1) is 0 Å². The van der Waals surface area contributed by atoms with E-state index >= 15 is 0 Å². The molecule has 0 rings (SSSR count). The fourth-order valence-electron chi connectivity index (χ4n) is 0.745. The summed E-state index contributed by atoms with van der Waals surface area (Å²) in [5.74, 6) is -0.446. The molecule has 0 aliphatic heterocycles. The predicted octanol–water partition coefficient (Wildman–Crippen LogP) is 3.21. The second-order valence-corrected chi connectivity index (χ2v) is 2.95. The zero-order valence-corrected chi connectivity index (χ0v) is 8.80. The van der Waals surface area contributed by atoms with E-state index in [1.165, 1.54) is 12.2 Å². The highest BCUT2D eigenvalue weighted by Gasteiger charge is 2.01. The van der Waals surface area contributed by atoms with Gasteiger partial charge in [0.2, 0.25) is 0 Å². The van der Waals surface area contributed by atoms with Crippen LogP contribution in [-0.4, -0.2) is 6.54 Å². The minimum atomic E-state index is -0.446. The van der Waals surface area contributed by atoms with Gasteiger partial charge >= 0.3 is 0 Å². The Morgan fingerprint density at radius 1 is 1.20 bits per heavy atom. The highest BCUT2D eigenvalue weighted by molar-refractivity contribution is 5.47. The summed E-state index contributed by atoms with van der Waals surface area (Å²) >= 11 is 0. The molecule has 0 spiro atoms. The molecule has 0 aliphatic rings. The lowest BCUT2D eigenvalue weighted by Gasteiger charge is -2.02. The highest BCUT2D eigenvalue weighted by Crippen LogP contribution is 2.18. The lowest BCUT2D eigenvalue weighted by molar-refractivity contribution is 0.656. The fourth-order valence-corrected chi connectivity index (χ4v) is 0.745. The summed E-state index contributed by atoms with van der Waals surface area (Å²) in [6.07, 6.45) is 5.91. The summed E-state index contributed by atoms with van der Waals surface area (Å²) < 4.78 is 13.2. The first-order valence-corrected chi connectivity index (χ1v) is 4.45. The van der Waals surface area contributed by atoms with Gasteiger partial charge in [0.1, 0.15) is 5.83 Å². The Bertz CT molecular complexity index is 346. The molecule has 1 nitrogen and oxygen atoms in total. The van der Waals surface area contributed by atoms with Crippen molar-refractivity contribution in [2.24, 2.45) is 5.73 Å². The maximum Gasteiger partial charge on any atom is 0.130 e. The van der Waals surface area contributed by atoms with Crippen LogP contribution in [-0.2, 0) is 0 Å². The highest BCUT2D eigenvalue weighted by atomic mass is 19.1. The molecular weight excluding hydrogens is 189 g/mol. The Kier molecular flexibility index (Phi) is 5.99. The first kappa shape index (κ1) is 13.3.